The number of para-hydroxylation sites is 1. The summed E-state index contributed by atoms with van der Waals surface area (Å²) in [6, 6.07) is 8.34. The molecule has 0 spiro atoms. The molecule has 0 radical (unpaired) electrons. The van der Waals surface area contributed by atoms with Gasteiger partial charge >= 0.3 is 0 Å². The Labute approximate surface area is 115 Å². The van der Waals surface area contributed by atoms with Crippen LogP contribution in [0.3, 0.4) is 0 Å². The highest BCUT2D eigenvalue weighted by Gasteiger charge is 2.31. The third-order valence-electron chi connectivity index (χ3n) is 3.67. The summed E-state index contributed by atoms with van der Waals surface area (Å²) < 4.78 is 0. The minimum atomic E-state index is -0.0206. The number of anilines is 1. The normalized spacial score (nSPS) is 18.6. The van der Waals surface area contributed by atoms with Gasteiger partial charge in [-0.25, -0.2) is 0 Å². The fourth-order valence-electron chi connectivity index (χ4n) is 2.69. The molecule has 0 aliphatic carbocycles. The summed E-state index contributed by atoms with van der Waals surface area (Å²) in [5, 5.41) is 6.13. The van der Waals surface area contributed by atoms with Crippen LogP contribution in [-0.4, -0.2) is 32.1 Å². The number of benzene rings is 1. The first-order chi connectivity index (χ1) is 9.27. The van der Waals surface area contributed by atoms with Gasteiger partial charge in [-0.15, -0.1) is 0 Å². The molecule has 1 aromatic rings. The summed E-state index contributed by atoms with van der Waals surface area (Å²) in [5.41, 5.74) is 2.45. The van der Waals surface area contributed by atoms with E-state index in [1.165, 1.54) is 11.3 Å². The van der Waals surface area contributed by atoms with E-state index in [1.54, 1.807) is 7.05 Å². The van der Waals surface area contributed by atoms with E-state index < -0.39 is 0 Å². The Morgan fingerprint density at radius 3 is 2.95 bits per heavy atom. The van der Waals surface area contributed by atoms with E-state index in [1.807, 2.05) is 6.07 Å². The van der Waals surface area contributed by atoms with E-state index in [9.17, 15) is 4.79 Å². The summed E-state index contributed by atoms with van der Waals surface area (Å²) in [4.78, 5) is 14.2. The molecule has 4 nitrogen and oxygen atoms in total. The molecule has 1 aromatic carbocycles. The second kappa shape index (κ2) is 6.57. The standard InChI is InChI=1S/C15H23N3O/c1-3-17-11-12-7-4-5-8-13(12)18-10-6-9-14(18)15(19)16-2/h4-5,7-8,14,17H,3,6,9-11H2,1-2H3,(H,16,19). The van der Waals surface area contributed by atoms with Gasteiger partial charge in [0.1, 0.15) is 6.04 Å². The number of rotatable bonds is 5. The molecule has 1 unspecified atom stereocenters. The lowest BCUT2D eigenvalue weighted by atomic mass is 10.1. The molecule has 1 aliphatic rings. The average molecular weight is 261 g/mol. The molecular weight excluding hydrogens is 238 g/mol. The van der Waals surface area contributed by atoms with Crippen molar-refractivity contribution in [3.63, 3.8) is 0 Å². The van der Waals surface area contributed by atoms with E-state index >= 15 is 0 Å². The Bertz CT molecular complexity index is 433. The third kappa shape index (κ3) is 3.07. The number of nitrogens with one attached hydrogen (secondary N) is 2. The number of hydrogen-bond donors (Lipinski definition) is 2. The predicted molar refractivity (Wildman–Crippen MR) is 78.3 cm³/mol. The molecule has 19 heavy (non-hydrogen) atoms. The quantitative estimate of drug-likeness (QED) is 0.844. The molecule has 0 saturated carbocycles. The van der Waals surface area contributed by atoms with E-state index in [-0.39, 0.29) is 11.9 Å². The Kier molecular flexibility index (Phi) is 4.80. The van der Waals surface area contributed by atoms with Crippen molar-refractivity contribution in [2.45, 2.75) is 32.4 Å². The lowest BCUT2D eigenvalue weighted by Gasteiger charge is -2.27. The fraction of sp³-hybridized carbons (Fsp3) is 0.533. The molecule has 1 atom stereocenters. The number of amides is 1. The maximum Gasteiger partial charge on any atom is 0.242 e. The summed E-state index contributed by atoms with van der Waals surface area (Å²) in [5.74, 6) is 0.121. The van der Waals surface area contributed by atoms with E-state index in [0.29, 0.717) is 0 Å². The first-order valence-electron chi connectivity index (χ1n) is 7.04. The van der Waals surface area contributed by atoms with Crippen LogP contribution < -0.4 is 15.5 Å². The molecule has 4 heteroatoms. The Morgan fingerprint density at radius 2 is 2.21 bits per heavy atom. The molecule has 0 aromatic heterocycles. The molecule has 0 bridgehead atoms. The van der Waals surface area contributed by atoms with Gasteiger partial charge in [0.15, 0.2) is 0 Å². The van der Waals surface area contributed by atoms with Crippen molar-refractivity contribution in [2.75, 3.05) is 25.0 Å². The third-order valence-corrected chi connectivity index (χ3v) is 3.67. The zero-order valence-corrected chi connectivity index (χ0v) is 11.8. The van der Waals surface area contributed by atoms with Crippen LogP contribution in [0.15, 0.2) is 24.3 Å². The van der Waals surface area contributed by atoms with E-state index in [2.05, 4.69) is 40.7 Å². The monoisotopic (exact) mass is 261 g/mol. The molecule has 1 saturated heterocycles. The van der Waals surface area contributed by atoms with Gasteiger partial charge in [-0.2, -0.15) is 0 Å². The summed E-state index contributed by atoms with van der Waals surface area (Å²) in [7, 11) is 1.71. The number of carbonyl (C=O) groups is 1. The summed E-state index contributed by atoms with van der Waals surface area (Å²) in [6.07, 6.45) is 2.02. The minimum absolute atomic E-state index is 0.0206. The zero-order chi connectivity index (χ0) is 13.7. The highest BCUT2D eigenvalue weighted by molar-refractivity contribution is 5.85. The van der Waals surface area contributed by atoms with Crippen molar-refractivity contribution in [3.8, 4) is 0 Å². The van der Waals surface area contributed by atoms with Gasteiger partial charge in [-0.05, 0) is 31.0 Å². The lowest BCUT2D eigenvalue weighted by Crippen LogP contribution is -2.42. The van der Waals surface area contributed by atoms with Crippen molar-refractivity contribution in [1.82, 2.24) is 10.6 Å². The maximum absolute atomic E-state index is 12.0. The van der Waals surface area contributed by atoms with E-state index in [0.717, 1.165) is 32.5 Å². The van der Waals surface area contributed by atoms with Gasteiger partial charge in [0.2, 0.25) is 5.91 Å². The molecule has 1 heterocycles. The molecular formula is C15H23N3O. The molecule has 1 amide bonds. The van der Waals surface area contributed by atoms with Gasteiger partial charge in [0.25, 0.3) is 0 Å². The van der Waals surface area contributed by atoms with Crippen LogP contribution in [0.5, 0.6) is 0 Å². The topological polar surface area (TPSA) is 44.4 Å². The van der Waals surface area contributed by atoms with Crippen LogP contribution in [0.25, 0.3) is 0 Å². The van der Waals surface area contributed by atoms with Gasteiger partial charge in [0.05, 0.1) is 0 Å². The molecule has 1 aliphatic heterocycles. The second-order valence-electron chi connectivity index (χ2n) is 4.87. The van der Waals surface area contributed by atoms with Crippen molar-refractivity contribution in [1.29, 1.82) is 0 Å². The fourth-order valence-corrected chi connectivity index (χ4v) is 2.69. The van der Waals surface area contributed by atoms with Gasteiger partial charge < -0.3 is 15.5 Å². The zero-order valence-electron chi connectivity index (χ0n) is 11.8. The number of nitrogens with zero attached hydrogens (tertiary/aromatic N) is 1. The molecule has 2 rings (SSSR count). The Morgan fingerprint density at radius 1 is 1.42 bits per heavy atom. The molecule has 1 fully saturated rings. The predicted octanol–water partition coefficient (Wildman–Crippen LogP) is 1.51. The number of likely N-dealkylation sites (N-methyl/N-ethyl adjacent to an activating group) is 1. The van der Waals surface area contributed by atoms with E-state index in [4.69, 9.17) is 0 Å². The molecule has 104 valence electrons. The van der Waals surface area contributed by atoms with Crippen LogP contribution in [0.4, 0.5) is 5.69 Å². The minimum Gasteiger partial charge on any atom is -0.359 e. The van der Waals surface area contributed by atoms with Gasteiger partial charge in [-0.1, -0.05) is 25.1 Å². The van der Waals surface area contributed by atoms with Crippen LogP contribution in [0.2, 0.25) is 0 Å². The van der Waals surface area contributed by atoms with Crippen molar-refractivity contribution >= 4 is 11.6 Å². The SMILES string of the molecule is CCNCc1ccccc1N1CCCC1C(=O)NC. The van der Waals surface area contributed by atoms with Crippen LogP contribution >= 0.6 is 0 Å². The molecule has 2 N–H and O–H groups in total. The Hall–Kier alpha value is -1.55. The van der Waals surface area contributed by atoms with Crippen LogP contribution in [-0.2, 0) is 11.3 Å². The van der Waals surface area contributed by atoms with Crippen molar-refractivity contribution in [3.05, 3.63) is 29.8 Å². The Balaban J connectivity index is 2.22. The smallest absolute Gasteiger partial charge is 0.242 e. The summed E-state index contributed by atoms with van der Waals surface area (Å²) >= 11 is 0. The average Bonchev–Trinajstić information content (AvgIpc) is 2.93. The highest BCUT2D eigenvalue weighted by atomic mass is 16.2. The van der Waals surface area contributed by atoms with Crippen LogP contribution in [0, 0.1) is 0 Å². The van der Waals surface area contributed by atoms with Crippen LogP contribution in [0.1, 0.15) is 25.3 Å². The maximum atomic E-state index is 12.0. The van der Waals surface area contributed by atoms with Crippen molar-refractivity contribution < 1.29 is 4.79 Å². The van der Waals surface area contributed by atoms with Gasteiger partial charge in [-0.3, -0.25) is 4.79 Å². The largest absolute Gasteiger partial charge is 0.359 e. The number of hydrogen-bond acceptors (Lipinski definition) is 3. The highest BCUT2D eigenvalue weighted by Crippen LogP contribution is 2.28. The summed E-state index contributed by atoms with van der Waals surface area (Å²) in [6.45, 7) is 4.86. The first kappa shape index (κ1) is 13.9. The van der Waals surface area contributed by atoms with Crippen molar-refractivity contribution in [2.24, 2.45) is 0 Å². The van der Waals surface area contributed by atoms with Gasteiger partial charge in [0, 0.05) is 25.8 Å². The number of carbonyl (C=O) groups excluding carboxylic acids is 1. The second-order valence-corrected chi connectivity index (χ2v) is 4.87. The first-order valence-corrected chi connectivity index (χ1v) is 7.04. The lowest BCUT2D eigenvalue weighted by molar-refractivity contribution is -0.121.